The van der Waals surface area contributed by atoms with E-state index in [9.17, 15) is 4.79 Å². The van der Waals surface area contributed by atoms with E-state index in [0.29, 0.717) is 20.8 Å². The highest BCUT2D eigenvalue weighted by Gasteiger charge is 2.46. The number of piperidine rings is 1. The lowest BCUT2D eigenvalue weighted by Gasteiger charge is -2.42. The van der Waals surface area contributed by atoms with E-state index >= 15 is 0 Å². The second-order valence-electron chi connectivity index (χ2n) is 8.21. The van der Waals surface area contributed by atoms with Crippen LogP contribution in [-0.2, 0) is 6.42 Å². The van der Waals surface area contributed by atoms with E-state index in [1.807, 2.05) is 0 Å². The molecule has 2 aromatic heterocycles. The number of H-pyrrole nitrogens is 1. The number of hydrogen-bond acceptors (Lipinski definition) is 7. The molecule has 1 aromatic carbocycles. The summed E-state index contributed by atoms with van der Waals surface area (Å²) in [5.74, 6) is 0.705. The van der Waals surface area contributed by atoms with Crippen LogP contribution in [0.25, 0.3) is 0 Å². The van der Waals surface area contributed by atoms with Gasteiger partial charge in [-0.3, -0.25) is 4.79 Å². The van der Waals surface area contributed by atoms with Crippen LogP contribution in [0.2, 0.25) is 5.02 Å². The maximum atomic E-state index is 12.8. The number of hydrogen-bond donors (Lipinski definition) is 3. The van der Waals surface area contributed by atoms with E-state index in [0.717, 1.165) is 32.4 Å². The predicted octanol–water partition coefficient (Wildman–Crippen LogP) is 3.39. The minimum atomic E-state index is -0.210. The molecule has 31 heavy (non-hydrogen) atoms. The minimum absolute atomic E-state index is 0.0495. The third kappa shape index (κ3) is 3.58. The van der Waals surface area contributed by atoms with Gasteiger partial charge in [-0.05, 0) is 41.9 Å². The summed E-state index contributed by atoms with van der Waals surface area (Å²) in [6.45, 7) is 1.52. The molecule has 0 radical (unpaired) electrons. The van der Waals surface area contributed by atoms with Gasteiger partial charge in [-0.25, -0.2) is 9.97 Å². The summed E-state index contributed by atoms with van der Waals surface area (Å²) in [5.41, 5.74) is 14.9. The van der Waals surface area contributed by atoms with Crippen LogP contribution in [0, 0.1) is 5.41 Å². The van der Waals surface area contributed by atoms with Crippen LogP contribution in [0.5, 0.6) is 0 Å². The Morgan fingerprint density at radius 2 is 1.97 bits per heavy atom. The fourth-order valence-electron chi connectivity index (χ4n) is 4.76. The molecule has 0 amide bonds. The molecular formula is C22H23ClN6OS. The molecule has 5 N–H and O–H groups in total. The Bertz CT molecular complexity index is 1190. The predicted molar refractivity (Wildman–Crippen MR) is 124 cm³/mol. The topological polar surface area (TPSA) is 114 Å². The first-order valence-electron chi connectivity index (χ1n) is 10.2. The van der Waals surface area contributed by atoms with Gasteiger partial charge >= 0.3 is 0 Å². The van der Waals surface area contributed by atoms with Gasteiger partial charge in [-0.2, -0.15) is 0 Å². The van der Waals surface area contributed by atoms with Gasteiger partial charge in [-0.15, -0.1) is 0 Å². The number of benzene rings is 1. The molecule has 160 valence electrons. The second-order valence-corrected chi connectivity index (χ2v) is 9.67. The summed E-state index contributed by atoms with van der Waals surface area (Å²) in [5, 5.41) is 0.968. The molecule has 1 atom stereocenters. The number of aromatic amines is 1. The van der Waals surface area contributed by atoms with Crippen LogP contribution in [0.3, 0.4) is 0 Å². The summed E-state index contributed by atoms with van der Waals surface area (Å²) < 4.78 is 0. The SMILES string of the molecule is Nc1nccc(Sc2cnc(N3CCC4(CC3)Cc3ccccc3[C@H]4N)c(=O)[nH]2)c1Cl. The number of fused-ring (bicyclic) bond motifs is 1. The molecule has 5 rings (SSSR count). The van der Waals surface area contributed by atoms with Gasteiger partial charge in [0.05, 0.1) is 16.2 Å². The van der Waals surface area contributed by atoms with Gasteiger partial charge in [0.2, 0.25) is 0 Å². The van der Waals surface area contributed by atoms with Gasteiger partial charge in [0.1, 0.15) is 5.82 Å². The monoisotopic (exact) mass is 454 g/mol. The molecule has 3 aromatic rings. The largest absolute Gasteiger partial charge is 0.382 e. The number of nitrogens with two attached hydrogens (primary N) is 2. The highest BCUT2D eigenvalue weighted by Crippen LogP contribution is 2.50. The van der Waals surface area contributed by atoms with Crippen molar-refractivity contribution in [3.05, 3.63) is 69.2 Å². The molecule has 2 aliphatic rings. The lowest BCUT2D eigenvalue weighted by molar-refractivity contribution is 0.187. The number of halogens is 1. The van der Waals surface area contributed by atoms with E-state index in [-0.39, 0.29) is 22.8 Å². The molecule has 0 unspecified atom stereocenters. The summed E-state index contributed by atoms with van der Waals surface area (Å²) >= 11 is 7.50. The highest BCUT2D eigenvalue weighted by molar-refractivity contribution is 7.99. The average molecular weight is 455 g/mol. The van der Waals surface area contributed by atoms with Crippen molar-refractivity contribution in [3.63, 3.8) is 0 Å². The molecule has 0 bridgehead atoms. The van der Waals surface area contributed by atoms with Crippen molar-refractivity contribution in [2.75, 3.05) is 23.7 Å². The van der Waals surface area contributed by atoms with Crippen LogP contribution in [0.4, 0.5) is 11.6 Å². The molecule has 3 heterocycles. The first-order valence-corrected chi connectivity index (χ1v) is 11.4. The fraction of sp³-hybridized carbons (Fsp3) is 0.318. The summed E-state index contributed by atoms with van der Waals surface area (Å²) in [4.78, 5) is 26.9. The zero-order chi connectivity index (χ0) is 21.6. The fourth-order valence-corrected chi connectivity index (χ4v) is 5.80. The Kier molecular flexibility index (Phi) is 5.16. The van der Waals surface area contributed by atoms with Crippen molar-refractivity contribution in [2.45, 2.75) is 35.2 Å². The number of rotatable bonds is 3. The summed E-state index contributed by atoms with van der Waals surface area (Å²) in [6, 6.07) is 10.3. The zero-order valence-electron chi connectivity index (χ0n) is 16.8. The lowest BCUT2D eigenvalue weighted by atomic mass is 9.73. The molecule has 9 heteroatoms. The van der Waals surface area contributed by atoms with E-state index in [1.165, 1.54) is 22.9 Å². The Labute approximate surface area is 189 Å². The minimum Gasteiger partial charge on any atom is -0.382 e. The molecule has 7 nitrogen and oxygen atoms in total. The number of nitrogens with zero attached hydrogens (tertiary/aromatic N) is 3. The van der Waals surface area contributed by atoms with Gasteiger partial charge in [-0.1, -0.05) is 47.6 Å². The van der Waals surface area contributed by atoms with Crippen molar-refractivity contribution < 1.29 is 0 Å². The highest BCUT2D eigenvalue weighted by atomic mass is 35.5. The van der Waals surface area contributed by atoms with Crippen LogP contribution >= 0.6 is 23.4 Å². The van der Waals surface area contributed by atoms with E-state index in [2.05, 4.69) is 44.1 Å². The Balaban J connectivity index is 1.30. The van der Waals surface area contributed by atoms with E-state index in [1.54, 1.807) is 18.5 Å². The summed E-state index contributed by atoms with van der Waals surface area (Å²) in [7, 11) is 0. The van der Waals surface area contributed by atoms with Gasteiger partial charge < -0.3 is 21.4 Å². The van der Waals surface area contributed by atoms with Gasteiger partial charge in [0.25, 0.3) is 5.56 Å². The zero-order valence-corrected chi connectivity index (χ0v) is 18.4. The quantitative estimate of drug-likeness (QED) is 0.555. The van der Waals surface area contributed by atoms with Gasteiger partial charge in [0.15, 0.2) is 5.82 Å². The van der Waals surface area contributed by atoms with Crippen molar-refractivity contribution in [3.8, 4) is 0 Å². The number of anilines is 2. The van der Waals surface area contributed by atoms with Crippen molar-refractivity contribution in [1.29, 1.82) is 0 Å². The van der Waals surface area contributed by atoms with Gasteiger partial charge in [0, 0.05) is 30.2 Å². The molecular weight excluding hydrogens is 432 g/mol. The summed E-state index contributed by atoms with van der Waals surface area (Å²) in [6.07, 6.45) is 6.13. The number of nitrogens with one attached hydrogen (secondary N) is 1. The maximum absolute atomic E-state index is 12.8. The Morgan fingerprint density at radius 1 is 1.19 bits per heavy atom. The number of aromatic nitrogens is 3. The van der Waals surface area contributed by atoms with E-state index in [4.69, 9.17) is 23.1 Å². The standard InChI is InChI=1S/C22H23ClN6OS/c23-17-15(5-8-26-19(17)25)31-16-12-27-20(21(30)28-16)29-9-6-22(7-10-29)11-13-3-1-2-4-14(13)18(22)24/h1-5,8,12,18H,6-7,9-11,24H2,(H2,25,26)(H,28,30)/t18-/m1/s1. The number of nitrogen functional groups attached to an aromatic ring is 1. The normalized spacial score (nSPS) is 19.5. The molecule has 0 saturated carbocycles. The van der Waals surface area contributed by atoms with Crippen molar-refractivity contribution in [1.82, 2.24) is 15.0 Å². The second kappa shape index (κ2) is 7.85. The third-order valence-electron chi connectivity index (χ3n) is 6.50. The maximum Gasteiger partial charge on any atom is 0.291 e. The molecule has 1 aliphatic heterocycles. The first-order chi connectivity index (χ1) is 15.0. The lowest BCUT2D eigenvalue weighted by Crippen LogP contribution is -2.46. The van der Waals surface area contributed by atoms with Crippen molar-refractivity contribution in [2.24, 2.45) is 11.1 Å². The third-order valence-corrected chi connectivity index (χ3v) is 7.99. The molecule has 1 fully saturated rings. The molecule has 1 aliphatic carbocycles. The number of pyridine rings is 1. The Morgan fingerprint density at radius 3 is 2.71 bits per heavy atom. The van der Waals surface area contributed by atoms with Crippen LogP contribution in [-0.4, -0.2) is 28.0 Å². The van der Waals surface area contributed by atoms with Crippen LogP contribution in [0.15, 0.2) is 57.4 Å². The van der Waals surface area contributed by atoms with Crippen LogP contribution in [0.1, 0.15) is 30.0 Å². The van der Waals surface area contributed by atoms with E-state index < -0.39 is 0 Å². The molecule has 1 saturated heterocycles. The average Bonchev–Trinajstić information content (AvgIpc) is 3.04. The van der Waals surface area contributed by atoms with Crippen LogP contribution < -0.4 is 21.9 Å². The smallest absolute Gasteiger partial charge is 0.291 e. The Hall–Kier alpha value is -2.55. The first kappa shape index (κ1) is 20.4. The molecule has 1 spiro atoms. The van der Waals surface area contributed by atoms with Crippen molar-refractivity contribution >= 4 is 35.0 Å².